The molecule has 0 aliphatic heterocycles. The largest absolute Gasteiger partial charge is 0.279 e. The third-order valence-electron chi connectivity index (χ3n) is 3.48. The van der Waals surface area contributed by atoms with E-state index in [-0.39, 0.29) is 4.90 Å². The lowest BCUT2D eigenvalue weighted by molar-refractivity contribution is 0.601. The van der Waals surface area contributed by atoms with Gasteiger partial charge in [0, 0.05) is 4.47 Å². The summed E-state index contributed by atoms with van der Waals surface area (Å²) in [6.07, 6.45) is 0. The number of nitrogens with one attached hydrogen (secondary N) is 1. The Morgan fingerprint density at radius 3 is 2.41 bits per heavy atom. The van der Waals surface area contributed by atoms with Gasteiger partial charge < -0.3 is 0 Å². The van der Waals surface area contributed by atoms with Gasteiger partial charge in [-0.3, -0.25) is 4.72 Å². The number of aryl methyl sites for hydroxylation is 1. The normalized spacial score (nSPS) is 11.5. The molecule has 1 N–H and O–H groups in total. The van der Waals surface area contributed by atoms with Crippen molar-refractivity contribution in [2.45, 2.75) is 11.8 Å². The minimum atomic E-state index is -3.61. The van der Waals surface area contributed by atoms with Crippen molar-refractivity contribution < 1.29 is 8.42 Å². The first-order chi connectivity index (χ1) is 10.5. The van der Waals surface area contributed by atoms with E-state index in [9.17, 15) is 8.42 Å². The highest BCUT2D eigenvalue weighted by atomic mass is 79.9. The summed E-state index contributed by atoms with van der Waals surface area (Å²) >= 11 is 3.36. The first kappa shape index (κ1) is 15.1. The zero-order valence-electron chi connectivity index (χ0n) is 11.9. The molecule has 0 radical (unpaired) electrons. The second-order valence-corrected chi connectivity index (χ2v) is 7.67. The monoisotopic (exact) mass is 375 g/mol. The molecule has 0 amide bonds. The molecule has 3 aromatic rings. The molecule has 3 nitrogen and oxygen atoms in total. The van der Waals surface area contributed by atoms with Crippen molar-refractivity contribution in [2.24, 2.45) is 0 Å². The van der Waals surface area contributed by atoms with E-state index in [4.69, 9.17) is 0 Å². The zero-order chi connectivity index (χ0) is 15.7. The van der Waals surface area contributed by atoms with Gasteiger partial charge in [-0.25, -0.2) is 8.42 Å². The fourth-order valence-corrected chi connectivity index (χ4v) is 3.76. The van der Waals surface area contributed by atoms with E-state index in [0.717, 1.165) is 20.8 Å². The van der Waals surface area contributed by atoms with Crippen molar-refractivity contribution in [3.05, 3.63) is 70.7 Å². The number of fused-ring (bicyclic) bond motifs is 1. The molecular formula is C17H14BrNO2S. The second-order valence-electron chi connectivity index (χ2n) is 5.07. The SMILES string of the molecule is Cc1ccc(Br)cc1NS(=O)(=O)c1ccc2ccccc2c1. The fourth-order valence-electron chi connectivity index (χ4n) is 2.24. The molecule has 0 saturated carbocycles. The average molecular weight is 376 g/mol. The summed E-state index contributed by atoms with van der Waals surface area (Å²) in [7, 11) is -3.61. The lowest BCUT2D eigenvalue weighted by Crippen LogP contribution is -2.13. The van der Waals surface area contributed by atoms with Crippen LogP contribution in [-0.4, -0.2) is 8.42 Å². The molecule has 0 heterocycles. The van der Waals surface area contributed by atoms with Crippen LogP contribution in [0.2, 0.25) is 0 Å². The van der Waals surface area contributed by atoms with Gasteiger partial charge in [-0.05, 0) is 47.5 Å². The lowest BCUT2D eigenvalue weighted by atomic mass is 10.1. The quantitative estimate of drug-likeness (QED) is 0.720. The molecule has 0 aliphatic rings. The summed E-state index contributed by atoms with van der Waals surface area (Å²) < 4.78 is 28.6. The highest BCUT2D eigenvalue weighted by Crippen LogP contribution is 2.25. The fraction of sp³-hybridized carbons (Fsp3) is 0.0588. The van der Waals surface area contributed by atoms with Crippen LogP contribution < -0.4 is 4.72 Å². The summed E-state index contributed by atoms with van der Waals surface area (Å²) in [5, 5.41) is 1.91. The highest BCUT2D eigenvalue weighted by molar-refractivity contribution is 9.10. The highest BCUT2D eigenvalue weighted by Gasteiger charge is 2.15. The summed E-state index contributed by atoms with van der Waals surface area (Å²) in [4.78, 5) is 0.255. The van der Waals surface area contributed by atoms with E-state index in [2.05, 4.69) is 20.7 Å². The second kappa shape index (κ2) is 5.74. The van der Waals surface area contributed by atoms with Gasteiger partial charge in [0.05, 0.1) is 10.6 Å². The van der Waals surface area contributed by atoms with E-state index in [1.54, 1.807) is 18.2 Å². The van der Waals surface area contributed by atoms with Crippen LogP contribution in [0, 0.1) is 6.92 Å². The Morgan fingerprint density at radius 2 is 1.64 bits per heavy atom. The van der Waals surface area contributed by atoms with E-state index in [0.29, 0.717) is 5.69 Å². The molecule has 0 spiro atoms. The number of sulfonamides is 1. The van der Waals surface area contributed by atoms with Crippen LogP contribution in [0.5, 0.6) is 0 Å². The van der Waals surface area contributed by atoms with Gasteiger partial charge in [0.15, 0.2) is 0 Å². The van der Waals surface area contributed by atoms with Gasteiger partial charge in [0.2, 0.25) is 0 Å². The van der Waals surface area contributed by atoms with E-state index >= 15 is 0 Å². The van der Waals surface area contributed by atoms with Crippen LogP contribution in [0.1, 0.15) is 5.56 Å². The Hall–Kier alpha value is -1.85. The molecule has 0 fully saturated rings. The molecule has 0 saturated heterocycles. The summed E-state index contributed by atoms with van der Waals surface area (Å²) in [5.41, 5.74) is 1.44. The van der Waals surface area contributed by atoms with Gasteiger partial charge in [0.1, 0.15) is 0 Å². The number of hydrogen-bond acceptors (Lipinski definition) is 2. The molecule has 0 aliphatic carbocycles. The van der Waals surface area contributed by atoms with Crippen LogP contribution in [0.25, 0.3) is 10.8 Å². The number of benzene rings is 3. The number of halogens is 1. The maximum Gasteiger partial charge on any atom is 0.261 e. The molecule has 0 atom stereocenters. The Morgan fingerprint density at radius 1 is 0.909 bits per heavy atom. The van der Waals surface area contributed by atoms with Gasteiger partial charge in [-0.1, -0.05) is 52.3 Å². The predicted octanol–water partition coefficient (Wildman–Crippen LogP) is 4.71. The summed E-state index contributed by atoms with van der Waals surface area (Å²) in [6.45, 7) is 1.87. The van der Waals surface area contributed by atoms with Crippen molar-refractivity contribution in [3.63, 3.8) is 0 Å². The van der Waals surface area contributed by atoms with Crippen molar-refractivity contribution in [2.75, 3.05) is 4.72 Å². The van der Waals surface area contributed by atoms with Gasteiger partial charge in [0.25, 0.3) is 10.0 Å². The van der Waals surface area contributed by atoms with Crippen LogP contribution in [0.3, 0.4) is 0 Å². The molecule has 0 bridgehead atoms. The van der Waals surface area contributed by atoms with Crippen molar-refractivity contribution in [1.29, 1.82) is 0 Å². The lowest BCUT2D eigenvalue weighted by Gasteiger charge is -2.11. The maximum absolute atomic E-state index is 12.6. The molecule has 5 heteroatoms. The van der Waals surface area contributed by atoms with Crippen LogP contribution in [0.15, 0.2) is 70.0 Å². The van der Waals surface area contributed by atoms with Gasteiger partial charge in [-0.2, -0.15) is 0 Å². The number of anilines is 1. The number of hydrogen-bond donors (Lipinski definition) is 1. The first-order valence-electron chi connectivity index (χ1n) is 6.73. The molecule has 3 rings (SSSR count). The standard InChI is InChI=1S/C17H14BrNO2S/c1-12-6-8-15(18)11-17(12)19-22(20,21)16-9-7-13-4-2-3-5-14(13)10-16/h2-11,19H,1H3. The zero-order valence-corrected chi connectivity index (χ0v) is 14.3. The minimum absolute atomic E-state index is 0.255. The first-order valence-corrected chi connectivity index (χ1v) is 9.01. The van der Waals surface area contributed by atoms with E-state index < -0.39 is 10.0 Å². The smallest absolute Gasteiger partial charge is 0.261 e. The molecule has 22 heavy (non-hydrogen) atoms. The van der Waals surface area contributed by atoms with Crippen molar-refractivity contribution in [1.82, 2.24) is 0 Å². The van der Waals surface area contributed by atoms with Gasteiger partial charge in [-0.15, -0.1) is 0 Å². The van der Waals surface area contributed by atoms with Crippen LogP contribution in [0.4, 0.5) is 5.69 Å². The third-order valence-corrected chi connectivity index (χ3v) is 5.33. The minimum Gasteiger partial charge on any atom is -0.279 e. The van der Waals surface area contributed by atoms with Crippen molar-refractivity contribution >= 4 is 42.4 Å². The van der Waals surface area contributed by atoms with Crippen LogP contribution in [-0.2, 0) is 10.0 Å². The third kappa shape index (κ3) is 3.00. The molecule has 112 valence electrons. The number of rotatable bonds is 3. The predicted molar refractivity (Wildman–Crippen MR) is 93.6 cm³/mol. The molecule has 0 aromatic heterocycles. The van der Waals surface area contributed by atoms with Crippen LogP contribution >= 0.6 is 15.9 Å². The molecule has 3 aromatic carbocycles. The summed E-state index contributed by atoms with van der Waals surface area (Å²) in [5.74, 6) is 0. The average Bonchev–Trinajstić information content (AvgIpc) is 2.50. The topological polar surface area (TPSA) is 46.2 Å². The van der Waals surface area contributed by atoms with Gasteiger partial charge >= 0.3 is 0 Å². The molecule has 0 unspecified atom stereocenters. The maximum atomic E-state index is 12.6. The molecular weight excluding hydrogens is 362 g/mol. The van der Waals surface area contributed by atoms with Crippen molar-refractivity contribution in [3.8, 4) is 0 Å². The Labute approximate surface area is 138 Å². The Balaban J connectivity index is 2.02. The summed E-state index contributed by atoms with van der Waals surface area (Å²) in [6, 6.07) is 18.3. The van der Waals surface area contributed by atoms with E-state index in [1.807, 2.05) is 49.4 Å². The van der Waals surface area contributed by atoms with E-state index in [1.165, 1.54) is 0 Å². The Bertz CT molecular complexity index is 952. The Kier molecular flexibility index (Phi) is 3.93.